The average Bonchev–Trinajstić information content (AvgIpc) is 3.64. The minimum Gasteiger partial charge on any atom is -0.378 e. The van der Waals surface area contributed by atoms with Gasteiger partial charge < -0.3 is 20.3 Å². The Morgan fingerprint density at radius 3 is 2.63 bits per heavy atom. The van der Waals surface area contributed by atoms with E-state index in [1.54, 1.807) is 25.1 Å². The second-order valence-corrected chi connectivity index (χ2v) is 10.2. The van der Waals surface area contributed by atoms with Gasteiger partial charge >= 0.3 is 0 Å². The fraction of sp³-hybridized carbons (Fsp3) is 0.519. The molecule has 1 saturated heterocycles. The van der Waals surface area contributed by atoms with Crippen LogP contribution in [0.3, 0.4) is 0 Å². The van der Waals surface area contributed by atoms with Gasteiger partial charge in [0.25, 0.3) is 0 Å². The van der Waals surface area contributed by atoms with Crippen molar-refractivity contribution in [3.05, 3.63) is 70.0 Å². The Balaban J connectivity index is 1.41. The predicted octanol–water partition coefficient (Wildman–Crippen LogP) is 5.11. The van der Waals surface area contributed by atoms with Crippen molar-refractivity contribution < 1.29 is 13.9 Å². The number of hydrogen-bond donors (Lipinski definition) is 2. The van der Waals surface area contributed by atoms with E-state index in [9.17, 15) is 9.18 Å². The summed E-state index contributed by atoms with van der Waals surface area (Å²) in [5.41, 5.74) is 2.01. The molecule has 1 unspecified atom stereocenters. The molecule has 0 spiro atoms. The van der Waals surface area contributed by atoms with E-state index in [0.717, 1.165) is 43.4 Å². The van der Waals surface area contributed by atoms with Gasteiger partial charge in [-0.25, -0.2) is 4.39 Å². The van der Waals surface area contributed by atoms with Gasteiger partial charge in [-0.15, -0.1) is 0 Å². The smallest absolute Gasteiger partial charge is 0.239 e. The number of allylic oxidation sites excluding steroid dienone is 4. The van der Waals surface area contributed by atoms with Crippen molar-refractivity contribution in [2.24, 2.45) is 5.92 Å². The summed E-state index contributed by atoms with van der Waals surface area (Å²) in [6.45, 7) is 9.75. The number of rotatable bonds is 13. The van der Waals surface area contributed by atoms with E-state index in [1.807, 2.05) is 11.0 Å². The number of hydrogen-bond acceptors (Lipinski definition) is 4. The molecule has 3 rings (SSSR count). The Hall–Kier alpha value is -1.70. The molecule has 2 fully saturated rings. The van der Waals surface area contributed by atoms with Gasteiger partial charge in [-0.3, -0.25) is 4.79 Å². The number of carbonyl (C=O) groups is 1. The molecule has 5 nitrogen and oxygen atoms in total. The maximum atomic E-state index is 13.2. The lowest BCUT2D eigenvalue weighted by Crippen LogP contribution is -2.50. The first-order valence-corrected chi connectivity index (χ1v) is 13.1. The highest BCUT2D eigenvalue weighted by atomic mass is 35.5. The molecule has 1 amide bonds. The molecule has 35 heavy (non-hydrogen) atoms. The summed E-state index contributed by atoms with van der Waals surface area (Å²) in [6, 6.07) is 6.56. The van der Waals surface area contributed by atoms with Gasteiger partial charge in [0, 0.05) is 36.6 Å². The van der Waals surface area contributed by atoms with Crippen LogP contribution in [0.4, 0.5) is 4.39 Å². The van der Waals surface area contributed by atoms with Crippen molar-refractivity contribution in [2.75, 3.05) is 32.8 Å². The molecule has 1 aliphatic carbocycles. The first-order valence-electron chi connectivity index (χ1n) is 12.3. The number of morpholine rings is 1. The Morgan fingerprint density at radius 2 is 1.94 bits per heavy atom. The monoisotopic (exact) mass is 523 g/mol. The zero-order valence-electron chi connectivity index (χ0n) is 20.4. The van der Waals surface area contributed by atoms with E-state index < -0.39 is 0 Å². The molecule has 192 valence electrons. The summed E-state index contributed by atoms with van der Waals surface area (Å²) in [5.74, 6) is 0.290. The molecule has 0 aromatic heterocycles. The average molecular weight is 525 g/mol. The van der Waals surface area contributed by atoms with Gasteiger partial charge in [0.1, 0.15) is 5.82 Å². The normalized spacial score (nSPS) is 21.7. The summed E-state index contributed by atoms with van der Waals surface area (Å²) in [5, 5.41) is 8.10. The van der Waals surface area contributed by atoms with Crippen molar-refractivity contribution in [2.45, 2.75) is 51.2 Å². The third-order valence-corrected chi connectivity index (χ3v) is 7.16. The summed E-state index contributed by atoms with van der Waals surface area (Å²) in [6.07, 6.45) is 7.47. The number of carbonyl (C=O) groups excluding carboxylic acids is 1. The van der Waals surface area contributed by atoms with Gasteiger partial charge in [-0.2, -0.15) is 0 Å². The summed E-state index contributed by atoms with van der Waals surface area (Å²) in [4.78, 5) is 15.0. The minimum atomic E-state index is -0.264. The molecule has 1 saturated carbocycles. The van der Waals surface area contributed by atoms with Gasteiger partial charge in [-0.05, 0) is 56.5 Å². The minimum absolute atomic E-state index is 0.119. The molecular weight excluding hydrogens is 488 g/mol. The molecule has 3 atom stereocenters. The van der Waals surface area contributed by atoms with Gasteiger partial charge in [-0.1, -0.05) is 60.0 Å². The topological polar surface area (TPSA) is 53.6 Å². The van der Waals surface area contributed by atoms with Crippen LogP contribution in [-0.2, 0) is 16.1 Å². The first kappa shape index (κ1) is 27.9. The number of halogens is 3. The Bertz CT molecular complexity index is 910. The van der Waals surface area contributed by atoms with Crippen LogP contribution in [0, 0.1) is 11.7 Å². The highest BCUT2D eigenvalue weighted by Gasteiger charge is 2.37. The number of benzene rings is 1. The second kappa shape index (κ2) is 14.1. The zero-order valence-corrected chi connectivity index (χ0v) is 21.9. The van der Waals surface area contributed by atoms with Crippen LogP contribution in [0.25, 0.3) is 0 Å². The first-order chi connectivity index (χ1) is 16.8. The molecular formula is C27H36Cl2FN3O2. The lowest BCUT2D eigenvalue weighted by Gasteiger charge is -2.31. The molecule has 1 aliphatic heterocycles. The molecule has 1 heterocycles. The van der Waals surface area contributed by atoms with Crippen molar-refractivity contribution in [1.82, 2.24) is 15.5 Å². The highest BCUT2D eigenvalue weighted by Crippen LogP contribution is 2.37. The number of unbranched alkanes of at least 4 members (excludes halogenated alkanes) is 1. The van der Waals surface area contributed by atoms with Crippen molar-refractivity contribution in [3.8, 4) is 0 Å². The predicted molar refractivity (Wildman–Crippen MR) is 141 cm³/mol. The van der Waals surface area contributed by atoms with E-state index in [4.69, 9.17) is 27.9 Å². The number of nitrogens with zero attached hydrogens (tertiary/aromatic N) is 1. The second-order valence-electron chi connectivity index (χ2n) is 9.19. The van der Waals surface area contributed by atoms with E-state index in [-0.39, 0.29) is 17.8 Å². The van der Waals surface area contributed by atoms with Crippen LogP contribution in [0.1, 0.15) is 38.2 Å². The Morgan fingerprint density at radius 1 is 1.23 bits per heavy atom. The third-order valence-electron chi connectivity index (χ3n) is 6.45. The Kier molecular flexibility index (Phi) is 11.3. The van der Waals surface area contributed by atoms with Gasteiger partial charge in [0.2, 0.25) is 5.91 Å². The van der Waals surface area contributed by atoms with Crippen molar-refractivity contribution in [3.63, 3.8) is 0 Å². The summed E-state index contributed by atoms with van der Waals surface area (Å²) >= 11 is 11.9. The molecule has 0 radical (unpaired) electrons. The van der Waals surface area contributed by atoms with E-state index in [0.29, 0.717) is 54.9 Å². The zero-order chi connectivity index (χ0) is 25.2. The van der Waals surface area contributed by atoms with Crippen LogP contribution >= 0.6 is 23.2 Å². The molecule has 2 N–H and O–H groups in total. The number of nitrogens with one attached hydrogen (secondary N) is 2. The fourth-order valence-electron chi connectivity index (χ4n) is 4.17. The standard InChI is InChI=1S/C27H36Cl2FN3O2/c1-19(6-11-24(29)20(2)28)23-17-26(23)31-12-4-3-5-25(27(34)33-13-15-35-16-14-33)32-18-21-7-9-22(30)10-8-21/h6-11,23,25-26,31-32H,1,3-5,12-18H2,2H3/b11-6-,24-20-/t23-,25-,26?/m0/s1. The molecule has 8 heteroatoms. The molecule has 1 aromatic rings. The lowest BCUT2D eigenvalue weighted by molar-refractivity contribution is -0.137. The van der Waals surface area contributed by atoms with Crippen LogP contribution < -0.4 is 10.6 Å². The van der Waals surface area contributed by atoms with Gasteiger partial charge in [0.15, 0.2) is 0 Å². The summed E-state index contributed by atoms with van der Waals surface area (Å²) < 4.78 is 18.6. The van der Waals surface area contributed by atoms with Crippen molar-refractivity contribution >= 4 is 29.1 Å². The maximum Gasteiger partial charge on any atom is 0.239 e. The van der Waals surface area contributed by atoms with E-state index in [1.165, 1.54) is 12.1 Å². The summed E-state index contributed by atoms with van der Waals surface area (Å²) in [7, 11) is 0. The third kappa shape index (κ3) is 9.36. The van der Waals surface area contributed by atoms with E-state index >= 15 is 0 Å². The Labute approximate surface area is 218 Å². The largest absolute Gasteiger partial charge is 0.378 e. The fourth-order valence-corrected chi connectivity index (χ4v) is 4.30. The highest BCUT2D eigenvalue weighted by molar-refractivity contribution is 6.39. The van der Waals surface area contributed by atoms with Crippen LogP contribution in [-0.4, -0.2) is 55.7 Å². The maximum absolute atomic E-state index is 13.2. The van der Waals surface area contributed by atoms with E-state index in [2.05, 4.69) is 17.2 Å². The van der Waals surface area contributed by atoms with Gasteiger partial charge in [0.05, 0.1) is 24.3 Å². The molecule has 2 aliphatic rings. The number of amides is 1. The molecule has 1 aromatic carbocycles. The lowest BCUT2D eigenvalue weighted by atomic mass is 10.1. The quantitative estimate of drug-likeness (QED) is 0.278. The SMILES string of the molecule is C=C(/C=C\C(Cl)=C(/C)Cl)[C@@H]1CC1NCCCC[C@H](NCc1ccc(F)cc1)C(=O)N1CCOCC1. The molecule has 0 bridgehead atoms. The van der Waals surface area contributed by atoms with Crippen LogP contribution in [0.5, 0.6) is 0 Å². The van der Waals surface area contributed by atoms with Crippen LogP contribution in [0.15, 0.2) is 58.6 Å². The van der Waals surface area contributed by atoms with Crippen LogP contribution in [0.2, 0.25) is 0 Å². The van der Waals surface area contributed by atoms with Crippen molar-refractivity contribution in [1.29, 1.82) is 0 Å². The number of ether oxygens (including phenoxy) is 1.